The molecule has 1 aliphatic carbocycles. The van der Waals surface area contributed by atoms with E-state index in [1.54, 1.807) is 17.7 Å². The molecular weight excluding hydrogens is 664 g/mol. The summed E-state index contributed by atoms with van der Waals surface area (Å²) in [6.07, 6.45) is 4.17. The number of ketones is 1. The van der Waals surface area contributed by atoms with Crippen molar-refractivity contribution in [2.75, 3.05) is 19.8 Å². The van der Waals surface area contributed by atoms with Crippen molar-refractivity contribution in [1.29, 1.82) is 5.26 Å². The number of aromatic carboxylic acids is 1. The van der Waals surface area contributed by atoms with Crippen molar-refractivity contribution >= 4 is 31.2 Å². The molecule has 0 saturated heterocycles. The maximum Gasteiger partial charge on any atom is 0.336 e. The first kappa shape index (κ1) is 40.2. The van der Waals surface area contributed by atoms with Crippen molar-refractivity contribution in [2.24, 2.45) is 0 Å². The first-order valence-electron chi connectivity index (χ1n) is 16.5. The Labute approximate surface area is 292 Å². The van der Waals surface area contributed by atoms with E-state index in [2.05, 4.69) is 38.4 Å². The number of unbranched alkanes of at least 4 members (excludes halogenated alkanes) is 3. The average Bonchev–Trinajstić information content (AvgIpc) is 3.06. The maximum atomic E-state index is 11.9. The Morgan fingerprint density at radius 1 is 0.980 bits per heavy atom. The Morgan fingerprint density at radius 3 is 2.32 bits per heavy atom. The van der Waals surface area contributed by atoms with Crippen LogP contribution in [-0.4, -0.2) is 53.4 Å². The summed E-state index contributed by atoms with van der Waals surface area (Å²) < 4.78 is 31.4. The highest BCUT2D eigenvalue weighted by molar-refractivity contribution is 7.44. The lowest BCUT2D eigenvalue weighted by Crippen LogP contribution is -2.33. The fourth-order valence-electron chi connectivity index (χ4n) is 5.40. The van der Waals surface area contributed by atoms with Gasteiger partial charge in [0.05, 0.1) is 31.3 Å². The van der Waals surface area contributed by atoms with Crippen LogP contribution in [-0.2, 0) is 9.05 Å². The molecule has 0 saturated carbocycles. The number of carbonyl (C=O) groups excluding carboxylic acids is 1. The molecular formula is C37H44FN3O8P-. The standard InChI is InChI=1S/C22H14O6.C15H31FN3O2P/c1-11(23)12-2-5-15(22(26)27)18(8-12)21-16-6-3-13(24)9-19(16)28-20-10-14(25)4-7-17(20)21;1-14(2)19(15(3)4)22(21-13-9-10-17)20-12-8-6-5-7-11-18-16/h2-10,24H,1H3,(H,26,27);14-15,18H,5-9,11-13H2,1-4H3/p-1. The van der Waals surface area contributed by atoms with Crippen molar-refractivity contribution in [1.82, 2.24) is 10.2 Å². The Hall–Kier alpha value is -4.24. The number of Topliss-reactive ketones (excluding diaryl/α,β-unsaturated/α-hetero) is 1. The lowest BCUT2D eigenvalue weighted by molar-refractivity contribution is -0.268. The van der Waals surface area contributed by atoms with E-state index in [0.29, 0.717) is 65.9 Å². The van der Waals surface area contributed by atoms with Crippen LogP contribution in [0.2, 0.25) is 0 Å². The van der Waals surface area contributed by atoms with Crippen LogP contribution in [0.5, 0.6) is 5.75 Å². The van der Waals surface area contributed by atoms with Crippen molar-refractivity contribution in [3.05, 3.63) is 75.9 Å². The number of carboxylic acids is 1. The third-order valence-electron chi connectivity index (χ3n) is 7.62. The second-order valence-corrected chi connectivity index (χ2v) is 13.5. The van der Waals surface area contributed by atoms with E-state index in [4.69, 9.17) is 18.7 Å². The smallest absolute Gasteiger partial charge is 0.336 e. The van der Waals surface area contributed by atoms with Gasteiger partial charge in [-0.05, 0) is 83.4 Å². The van der Waals surface area contributed by atoms with E-state index in [0.717, 1.165) is 25.7 Å². The van der Waals surface area contributed by atoms with E-state index >= 15 is 0 Å². The summed E-state index contributed by atoms with van der Waals surface area (Å²) in [4.78, 5) is 35.5. The lowest BCUT2D eigenvalue weighted by atomic mass is 9.89. The average molecular weight is 709 g/mol. The van der Waals surface area contributed by atoms with E-state index in [9.17, 15) is 29.1 Å². The Morgan fingerprint density at radius 2 is 1.68 bits per heavy atom. The van der Waals surface area contributed by atoms with Crippen LogP contribution >= 0.6 is 8.53 Å². The number of benzene rings is 3. The van der Waals surface area contributed by atoms with Gasteiger partial charge in [-0.2, -0.15) is 10.8 Å². The predicted octanol–water partition coefficient (Wildman–Crippen LogP) is 7.85. The molecule has 1 unspecified atom stereocenters. The predicted molar refractivity (Wildman–Crippen MR) is 190 cm³/mol. The second-order valence-electron chi connectivity index (χ2n) is 12.1. The van der Waals surface area contributed by atoms with E-state index in [1.807, 2.05) is 0 Å². The molecule has 1 atom stereocenters. The first-order valence-corrected chi connectivity index (χ1v) is 17.6. The van der Waals surface area contributed by atoms with Gasteiger partial charge in [0.2, 0.25) is 0 Å². The SMILES string of the molecule is CC(=O)c1ccc(C(=O)O)c(-c2c3ccc(=O)cc-3oc3cc([O-])ccc23)c1.CC(C)N(C(C)C)P(OCCC#N)OCCCCCCNF. The van der Waals surface area contributed by atoms with Crippen LogP contribution in [0, 0.1) is 11.3 Å². The van der Waals surface area contributed by atoms with Crippen LogP contribution in [0.25, 0.3) is 33.4 Å². The van der Waals surface area contributed by atoms with Crippen molar-refractivity contribution in [2.45, 2.75) is 78.8 Å². The molecule has 0 radical (unpaired) electrons. The van der Waals surface area contributed by atoms with Gasteiger partial charge in [0.15, 0.2) is 11.2 Å². The summed E-state index contributed by atoms with van der Waals surface area (Å²) in [5, 5.41) is 30.6. The summed E-state index contributed by atoms with van der Waals surface area (Å²) >= 11 is 0. The molecule has 0 spiro atoms. The van der Waals surface area contributed by atoms with E-state index < -0.39 is 14.5 Å². The minimum Gasteiger partial charge on any atom is -0.872 e. The topological polar surface area (TPSA) is 165 Å². The second kappa shape index (κ2) is 19.8. The zero-order valence-electron chi connectivity index (χ0n) is 29.0. The van der Waals surface area contributed by atoms with Crippen molar-refractivity contribution in [3.63, 3.8) is 0 Å². The van der Waals surface area contributed by atoms with Gasteiger partial charge in [0, 0.05) is 46.8 Å². The molecule has 11 nitrogen and oxygen atoms in total. The number of nitrogens with zero attached hydrogens (tertiary/aromatic N) is 2. The van der Waals surface area contributed by atoms with Crippen LogP contribution in [0.4, 0.5) is 4.48 Å². The molecule has 2 N–H and O–H groups in total. The quantitative estimate of drug-likeness (QED) is 0.0361. The number of carbonyl (C=O) groups is 2. The summed E-state index contributed by atoms with van der Waals surface area (Å²) in [7, 11) is -1.13. The summed E-state index contributed by atoms with van der Waals surface area (Å²) in [5.74, 6) is -1.43. The molecule has 2 aliphatic rings. The van der Waals surface area contributed by atoms with Gasteiger partial charge in [-0.3, -0.25) is 9.59 Å². The molecule has 2 aromatic rings. The zero-order valence-corrected chi connectivity index (χ0v) is 29.9. The number of fused-ring (bicyclic) bond motifs is 2. The van der Waals surface area contributed by atoms with Gasteiger partial charge in [-0.1, -0.05) is 31.0 Å². The van der Waals surface area contributed by atoms with Crippen LogP contribution in [0.15, 0.2) is 63.8 Å². The fourth-order valence-corrected chi connectivity index (χ4v) is 7.03. The minimum absolute atomic E-state index is 0.00352. The highest BCUT2D eigenvalue weighted by Gasteiger charge is 2.27. The molecule has 0 bridgehead atoms. The first-order chi connectivity index (χ1) is 23.9. The number of halogens is 1. The Kier molecular flexibility index (Phi) is 15.9. The molecule has 1 aliphatic heterocycles. The monoisotopic (exact) mass is 708 g/mol. The normalized spacial score (nSPS) is 11.9. The molecule has 13 heteroatoms. The van der Waals surface area contributed by atoms with Crippen molar-refractivity contribution < 1.29 is 37.7 Å². The number of carboxylic acid groups (broad SMARTS) is 1. The van der Waals surface area contributed by atoms with E-state index in [1.165, 1.54) is 49.4 Å². The van der Waals surface area contributed by atoms with Gasteiger partial charge in [-0.15, -0.1) is 10.2 Å². The van der Waals surface area contributed by atoms with Crippen molar-refractivity contribution in [3.8, 4) is 34.3 Å². The fraction of sp³-hybridized carbons (Fsp3) is 0.405. The van der Waals surface area contributed by atoms with Gasteiger partial charge in [0.1, 0.15) is 11.3 Å². The summed E-state index contributed by atoms with van der Waals surface area (Å²) in [6, 6.07) is 15.4. The summed E-state index contributed by atoms with van der Waals surface area (Å²) in [5.41, 5.74) is 3.26. The maximum absolute atomic E-state index is 11.9. The molecule has 50 heavy (non-hydrogen) atoms. The third-order valence-corrected chi connectivity index (χ3v) is 9.73. The molecule has 0 aromatic heterocycles. The summed E-state index contributed by atoms with van der Waals surface area (Å²) in [6.45, 7) is 11.3. The van der Waals surface area contributed by atoms with Crippen LogP contribution in [0.3, 0.4) is 0 Å². The lowest BCUT2D eigenvalue weighted by Gasteiger charge is -2.35. The minimum atomic E-state index is -1.16. The highest BCUT2D eigenvalue weighted by atomic mass is 31.2. The zero-order chi connectivity index (χ0) is 36.8. The van der Waals surface area contributed by atoms with Gasteiger partial charge >= 0.3 is 5.97 Å². The largest absolute Gasteiger partial charge is 0.872 e. The Bertz CT molecular complexity index is 1800. The molecule has 1 heterocycles. The number of hydrogen-bond acceptors (Lipinski definition) is 10. The molecule has 0 amide bonds. The molecule has 0 fully saturated rings. The molecule has 268 valence electrons. The highest BCUT2D eigenvalue weighted by Crippen LogP contribution is 2.46. The van der Waals surface area contributed by atoms with Gasteiger partial charge in [-0.25, -0.2) is 9.46 Å². The molecule has 4 rings (SSSR count). The third kappa shape index (κ3) is 11.1. The number of hydrogen-bond donors (Lipinski definition) is 2. The van der Waals surface area contributed by atoms with Crippen LogP contribution in [0.1, 0.15) is 87.4 Å². The number of rotatable bonds is 17. The van der Waals surface area contributed by atoms with Crippen LogP contribution < -0.4 is 16.1 Å². The number of nitriles is 1. The number of nitrogens with one attached hydrogen (secondary N) is 1. The van der Waals surface area contributed by atoms with Gasteiger partial charge < -0.3 is 23.7 Å². The molecule has 2 aromatic carbocycles. The van der Waals surface area contributed by atoms with Gasteiger partial charge in [0.25, 0.3) is 8.53 Å². The Balaban J connectivity index is 0.000000281. The van der Waals surface area contributed by atoms with E-state index in [-0.39, 0.29) is 33.9 Å².